The molecule has 0 saturated carbocycles. The SMILES string of the molecule is CC1CCCCN1S(=O)(=O)c1cccc(C(=O)N2CCN(c3ncccc3C#N)CC2)c1. The molecule has 1 atom stereocenters. The van der Waals surface area contributed by atoms with Gasteiger partial charge in [0.05, 0.1) is 10.5 Å². The maximum atomic E-state index is 13.2. The van der Waals surface area contributed by atoms with Crippen molar-refractivity contribution in [3.63, 3.8) is 0 Å². The fourth-order valence-corrected chi connectivity index (χ4v) is 6.14. The Labute approximate surface area is 189 Å². The highest BCUT2D eigenvalue weighted by atomic mass is 32.2. The molecule has 9 heteroatoms. The highest BCUT2D eigenvalue weighted by molar-refractivity contribution is 7.89. The summed E-state index contributed by atoms with van der Waals surface area (Å²) in [5, 5.41) is 9.31. The van der Waals surface area contributed by atoms with E-state index < -0.39 is 10.0 Å². The number of benzene rings is 1. The normalized spacial score (nSPS) is 20.1. The van der Waals surface area contributed by atoms with Crippen molar-refractivity contribution < 1.29 is 13.2 Å². The number of hydrogen-bond donors (Lipinski definition) is 0. The van der Waals surface area contributed by atoms with E-state index in [4.69, 9.17) is 0 Å². The van der Waals surface area contributed by atoms with E-state index in [1.165, 1.54) is 6.07 Å². The molecule has 2 aliphatic heterocycles. The molecule has 4 rings (SSSR count). The van der Waals surface area contributed by atoms with Crippen molar-refractivity contribution in [1.82, 2.24) is 14.2 Å². The van der Waals surface area contributed by atoms with Crippen molar-refractivity contribution in [2.24, 2.45) is 0 Å². The number of anilines is 1. The Bertz CT molecular complexity index is 1140. The summed E-state index contributed by atoms with van der Waals surface area (Å²) >= 11 is 0. The number of rotatable bonds is 4. The Morgan fingerprint density at radius 3 is 2.59 bits per heavy atom. The molecule has 1 amide bonds. The number of amides is 1. The lowest BCUT2D eigenvalue weighted by molar-refractivity contribution is 0.0746. The molecular weight excluding hydrogens is 426 g/mol. The number of pyridine rings is 1. The average Bonchev–Trinajstić information content (AvgIpc) is 2.84. The number of piperidine rings is 1. The van der Waals surface area contributed by atoms with Gasteiger partial charge in [0.25, 0.3) is 5.91 Å². The third kappa shape index (κ3) is 4.33. The third-order valence-electron chi connectivity index (χ3n) is 6.20. The topological polar surface area (TPSA) is 97.6 Å². The number of nitrogens with zero attached hydrogens (tertiary/aromatic N) is 5. The maximum Gasteiger partial charge on any atom is 0.254 e. The van der Waals surface area contributed by atoms with E-state index in [0.29, 0.717) is 49.7 Å². The van der Waals surface area contributed by atoms with Gasteiger partial charge in [0.1, 0.15) is 11.9 Å². The molecule has 2 saturated heterocycles. The second-order valence-electron chi connectivity index (χ2n) is 8.25. The minimum Gasteiger partial charge on any atom is -0.352 e. The van der Waals surface area contributed by atoms with Gasteiger partial charge < -0.3 is 9.80 Å². The van der Waals surface area contributed by atoms with Gasteiger partial charge in [-0.25, -0.2) is 13.4 Å². The number of sulfonamides is 1. The van der Waals surface area contributed by atoms with Crippen molar-refractivity contribution in [2.75, 3.05) is 37.6 Å². The fourth-order valence-electron chi connectivity index (χ4n) is 4.39. The first-order valence-corrected chi connectivity index (χ1v) is 12.4. The van der Waals surface area contributed by atoms with E-state index in [-0.39, 0.29) is 16.8 Å². The number of aromatic nitrogens is 1. The van der Waals surface area contributed by atoms with Crippen LogP contribution in [0.5, 0.6) is 0 Å². The number of piperazine rings is 1. The highest BCUT2D eigenvalue weighted by Gasteiger charge is 2.32. The first-order chi connectivity index (χ1) is 15.4. The quantitative estimate of drug-likeness (QED) is 0.705. The molecular formula is C23H27N5O3S. The van der Waals surface area contributed by atoms with Crippen LogP contribution in [0.2, 0.25) is 0 Å². The van der Waals surface area contributed by atoms with Crippen LogP contribution in [0, 0.1) is 11.3 Å². The van der Waals surface area contributed by atoms with Gasteiger partial charge in [0.2, 0.25) is 10.0 Å². The van der Waals surface area contributed by atoms with Gasteiger partial charge >= 0.3 is 0 Å². The summed E-state index contributed by atoms with van der Waals surface area (Å²) in [5.41, 5.74) is 0.886. The molecule has 0 bridgehead atoms. The molecule has 3 heterocycles. The minimum absolute atomic E-state index is 0.0360. The van der Waals surface area contributed by atoms with Crippen LogP contribution < -0.4 is 4.90 Å². The van der Waals surface area contributed by atoms with Gasteiger partial charge in [0, 0.05) is 50.5 Å². The summed E-state index contributed by atoms with van der Waals surface area (Å²) < 4.78 is 27.9. The molecule has 0 radical (unpaired) electrons. The van der Waals surface area contributed by atoms with Crippen LogP contribution in [0.15, 0.2) is 47.5 Å². The molecule has 168 valence electrons. The third-order valence-corrected chi connectivity index (χ3v) is 8.21. The zero-order chi connectivity index (χ0) is 22.7. The number of carbonyl (C=O) groups is 1. The average molecular weight is 454 g/mol. The predicted octanol–water partition coefficient (Wildman–Crippen LogP) is 2.48. The second-order valence-corrected chi connectivity index (χ2v) is 10.1. The highest BCUT2D eigenvalue weighted by Crippen LogP contribution is 2.26. The Kier molecular flexibility index (Phi) is 6.44. The fraction of sp³-hybridized carbons (Fsp3) is 0.435. The standard InChI is InChI=1S/C23H27N5O3S/c1-18-6-2-3-11-28(18)32(30,31)21-9-4-7-19(16-21)23(29)27-14-12-26(13-15-27)22-20(17-24)8-5-10-25-22/h4-5,7-10,16,18H,2-3,6,11-15H2,1H3. The summed E-state index contributed by atoms with van der Waals surface area (Å²) in [6, 6.07) is 11.9. The molecule has 8 nitrogen and oxygen atoms in total. The lowest BCUT2D eigenvalue weighted by Gasteiger charge is -2.36. The first kappa shape index (κ1) is 22.2. The largest absolute Gasteiger partial charge is 0.352 e. The molecule has 1 aromatic heterocycles. The lowest BCUT2D eigenvalue weighted by Crippen LogP contribution is -2.49. The van der Waals surface area contributed by atoms with Gasteiger partial charge in [-0.3, -0.25) is 4.79 Å². The van der Waals surface area contributed by atoms with Gasteiger partial charge in [-0.2, -0.15) is 9.57 Å². The Balaban J connectivity index is 1.47. The van der Waals surface area contributed by atoms with Crippen LogP contribution in [-0.2, 0) is 10.0 Å². The molecule has 1 aromatic carbocycles. The first-order valence-electron chi connectivity index (χ1n) is 10.9. The molecule has 2 aliphatic rings. The summed E-state index contributed by atoms with van der Waals surface area (Å²) in [6.07, 6.45) is 4.40. The van der Waals surface area contributed by atoms with E-state index in [2.05, 4.69) is 11.1 Å². The van der Waals surface area contributed by atoms with Crippen LogP contribution in [0.3, 0.4) is 0 Å². The number of carbonyl (C=O) groups excluding carboxylic acids is 1. The summed E-state index contributed by atoms with van der Waals surface area (Å²) in [5.74, 6) is 0.445. The number of hydrogen-bond acceptors (Lipinski definition) is 6. The van der Waals surface area contributed by atoms with Crippen LogP contribution >= 0.6 is 0 Å². The van der Waals surface area contributed by atoms with Crippen molar-refractivity contribution in [3.05, 3.63) is 53.7 Å². The van der Waals surface area contributed by atoms with Gasteiger partial charge in [-0.05, 0) is 50.1 Å². The zero-order valence-corrected chi connectivity index (χ0v) is 19.0. The molecule has 0 spiro atoms. The summed E-state index contributed by atoms with van der Waals surface area (Å²) in [4.78, 5) is 21.3. The zero-order valence-electron chi connectivity index (χ0n) is 18.1. The monoisotopic (exact) mass is 453 g/mol. The van der Waals surface area contributed by atoms with Gasteiger partial charge in [-0.15, -0.1) is 0 Å². The van der Waals surface area contributed by atoms with E-state index in [1.54, 1.807) is 45.7 Å². The smallest absolute Gasteiger partial charge is 0.254 e. The van der Waals surface area contributed by atoms with E-state index in [0.717, 1.165) is 19.3 Å². The van der Waals surface area contributed by atoms with Crippen LogP contribution in [-0.4, -0.2) is 67.3 Å². The van der Waals surface area contributed by atoms with Crippen LogP contribution in [0.25, 0.3) is 0 Å². The van der Waals surface area contributed by atoms with Crippen molar-refractivity contribution in [2.45, 2.75) is 37.1 Å². The summed E-state index contributed by atoms with van der Waals surface area (Å²) in [6.45, 7) is 4.51. The molecule has 0 aliphatic carbocycles. The van der Waals surface area contributed by atoms with Crippen LogP contribution in [0.1, 0.15) is 42.1 Å². The van der Waals surface area contributed by atoms with Crippen molar-refractivity contribution in [3.8, 4) is 6.07 Å². The minimum atomic E-state index is -3.63. The van der Waals surface area contributed by atoms with E-state index >= 15 is 0 Å². The van der Waals surface area contributed by atoms with E-state index in [1.807, 2.05) is 11.8 Å². The molecule has 2 aromatic rings. The van der Waals surface area contributed by atoms with Crippen molar-refractivity contribution in [1.29, 1.82) is 5.26 Å². The lowest BCUT2D eigenvalue weighted by atomic mass is 10.1. The van der Waals surface area contributed by atoms with Gasteiger partial charge in [-0.1, -0.05) is 12.5 Å². The predicted molar refractivity (Wildman–Crippen MR) is 121 cm³/mol. The Morgan fingerprint density at radius 2 is 1.88 bits per heavy atom. The van der Waals surface area contributed by atoms with Crippen LogP contribution in [0.4, 0.5) is 5.82 Å². The molecule has 1 unspecified atom stereocenters. The molecule has 0 N–H and O–H groups in total. The maximum absolute atomic E-state index is 13.2. The van der Waals surface area contributed by atoms with Crippen molar-refractivity contribution >= 4 is 21.7 Å². The summed E-state index contributed by atoms with van der Waals surface area (Å²) in [7, 11) is -3.63. The Hall–Kier alpha value is -2.96. The second kappa shape index (κ2) is 9.27. The van der Waals surface area contributed by atoms with Gasteiger partial charge in [0.15, 0.2) is 0 Å². The molecule has 32 heavy (non-hydrogen) atoms. The van der Waals surface area contributed by atoms with E-state index in [9.17, 15) is 18.5 Å². The number of nitriles is 1. The Morgan fingerprint density at radius 1 is 1.09 bits per heavy atom. The molecule has 2 fully saturated rings.